The lowest BCUT2D eigenvalue weighted by Gasteiger charge is -2.31. The Morgan fingerprint density at radius 2 is 1.82 bits per heavy atom. The zero-order chi connectivity index (χ0) is 20.3. The topological polar surface area (TPSA) is 84.0 Å². The second kappa shape index (κ2) is 8.61. The third-order valence-electron chi connectivity index (χ3n) is 5.41. The summed E-state index contributed by atoms with van der Waals surface area (Å²) in [4.78, 5) is 27.2. The Morgan fingerprint density at radius 1 is 1.11 bits per heavy atom. The summed E-state index contributed by atoms with van der Waals surface area (Å²) in [6.07, 6.45) is 5.07. The van der Waals surface area contributed by atoms with Crippen LogP contribution < -0.4 is 4.90 Å². The summed E-state index contributed by atoms with van der Waals surface area (Å²) in [5.41, 5.74) is 0.883. The number of hydrogen-bond donors (Lipinski definition) is 0. The molecule has 1 atom stereocenters. The van der Waals surface area contributed by atoms with E-state index in [-0.39, 0.29) is 16.2 Å². The van der Waals surface area contributed by atoms with E-state index in [1.807, 2.05) is 0 Å². The van der Waals surface area contributed by atoms with Gasteiger partial charge in [0, 0.05) is 33.6 Å². The average molecular weight is 409 g/mol. The lowest BCUT2D eigenvalue weighted by molar-refractivity contribution is -0.129. The molecule has 154 valence electrons. The molecule has 3 rings (SSSR count). The molecule has 1 saturated heterocycles. The van der Waals surface area contributed by atoms with Gasteiger partial charge in [-0.05, 0) is 56.7 Å². The van der Waals surface area contributed by atoms with Gasteiger partial charge in [0.1, 0.15) is 0 Å². The maximum atomic E-state index is 13.0. The number of rotatable bonds is 5. The number of nitrogens with zero attached hydrogens (tertiary/aromatic N) is 2. The van der Waals surface area contributed by atoms with Crippen LogP contribution in [0.25, 0.3) is 0 Å². The van der Waals surface area contributed by atoms with Crippen LogP contribution >= 0.6 is 0 Å². The van der Waals surface area contributed by atoms with Gasteiger partial charge in [0.05, 0.1) is 16.1 Å². The molecule has 0 radical (unpaired) electrons. The molecule has 1 aromatic carbocycles. The fourth-order valence-corrected chi connectivity index (χ4v) is 4.66. The second-order valence-corrected chi connectivity index (χ2v) is 9.77. The minimum Gasteiger partial charge on any atom is -0.451 e. The summed E-state index contributed by atoms with van der Waals surface area (Å²) in [6.45, 7) is 1.62. The van der Waals surface area contributed by atoms with Crippen molar-refractivity contribution in [2.24, 2.45) is 0 Å². The minimum atomic E-state index is -3.68. The molecule has 2 fully saturated rings. The van der Waals surface area contributed by atoms with Crippen molar-refractivity contribution in [3.05, 3.63) is 23.8 Å². The molecule has 1 aliphatic heterocycles. The van der Waals surface area contributed by atoms with Gasteiger partial charge >= 0.3 is 5.97 Å². The molecular formula is C20H28N2O5S. The van der Waals surface area contributed by atoms with Gasteiger partial charge in [-0.25, -0.2) is 17.5 Å². The lowest BCUT2D eigenvalue weighted by Crippen LogP contribution is -2.33. The van der Waals surface area contributed by atoms with E-state index < -0.39 is 22.1 Å². The predicted octanol–water partition coefficient (Wildman–Crippen LogP) is 2.60. The van der Waals surface area contributed by atoms with Gasteiger partial charge in [-0.3, -0.25) is 4.79 Å². The monoisotopic (exact) mass is 408 g/mol. The standard InChI is InChI=1S/C20H28N2O5S/c1-21(2)28(25,26)15-10-11-17(22-12-6-3-7-13-22)16(14-15)20(24)27-19-9-5-4-8-18(19)23/h10-11,14,19H,3-9,12-13H2,1-2H3. The van der Waals surface area contributed by atoms with E-state index in [4.69, 9.17) is 4.74 Å². The Bertz CT molecular complexity index is 844. The number of anilines is 1. The van der Waals surface area contributed by atoms with E-state index >= 15 is 0 Å². The second-order valence-electron chi connectivity index (χ2n) is 7.62. The Kier molecular flexibility index (Phi) is 6.40. The van der Waals surface area contributed by atoms with Crippen molar-refractivity contribution < 1.29 is 22.7 Å². The molecule has 1 heterocycles. The molecule has 1 saturated carbocycles. The van der Waals surface area contributed by atoms with Gasteiger partial charge < -0.3 is 9.64 Å². The Balaban J connectivity index is 1.96. The van der Waals surface area contributed by atoms with Crippen LogP contribution in [-0.4, -0.2) is 57.8 Å². The van der Waals surface area contributed by atoms with Crippen molar-refractivity contribution in [1.29, 1.82) is 0 Å². The third-order valence-corrected chi connectivity index (χ3v) is 7.22. The van der Waals surface area contributed by atoms with Gasteiger partial charge in [0.2, 0.25) is 10.0 Å². The maximum absolute atomic E-state index is 13.0. The van der Waals surface area contributed by atoms with Crippen LogP contribution in [0.1, 0.15) is 55.3 Å². The molecule has 0 amide bonds. The third kappa shape index (κ3) is 4.38. The van der Waals surface area contributed by atoms with E-state index in [0.29, 0.717) is 18.5 Å². The fourth-order valence-electron chi connectivity index (χ4n) is 3.73. The number of Topliss-reactive ketones (excluding diaryl/α,β-unsaturated/α-hetero) is 1. The number of hydrogen-bond acceptors (Lipinski definition) is 6. The highest BCUT2D eigenvalue weighted by atomic mass is 32.2. The van der Waals surface area contributed by atoms with Crippen LogP contribution in [0.5, 0.6) is 0 Å². The molecule has 0 bridgehead atoms. The van der Waals surface area contributed by atoms with Crippen molar-refractivity contribution in [2.45, 2.75) is 55.9 Å². The minimum absolute atomic E-state index is 0.0418. The van der Waals surface area contributed by atoms with E-state index in [0.717, 1.165) is 49.5 Å². The summed E-state index contributed by atoms with van der Waals surface area (Å²) in [7, 11) is -0.782. The zero-order valence-electron chi connectivity index (χ0n) is 16.5. The van der Waals surface area contributed by atoms with Gasteiger partial charge in [-0.15, -0.1) is 0 Å². The summed E-state index contributed by atoms with van der Waals surface area (Å²) >= 11 is 0. The molecule has 7 nitrogen and oxygen atoms in total. The fraction of sp³-hybridized carbons (Fsp3) is 0.600. The summed E-state index contributed by atoms with van der Waals surface area (Å²) in [6, 6.07) is 4.59. The number of ketones is 1. The van der Waals surface area contributed by atoms with Crippen LogP contribution in [0, 0.1) is 0 Å². The van der Waals surface area contributed by atoms with Crippen molar-refractivity contribution >= 4 is 27.5 Å². The smallest absolute Gasteiger partial charge is 0.341 e. The van der Waals surface area contributed by atoms with Crippen molar-refractivity contribution in [3.8, 4) is 0 Å². The van der Waals surface area contributed by atoms with Crippen molar-refractivity contribution in [2.75, 3.05) is 32.1 Å². The Hall–Kier alpha value is -1.93. The predicted molar refractivity (Wildman–Crippen MR) is 106 cm³/mol. The van der Waals surface area contributed by atoms with Crippen LogP contribution in [0.3, 0.4) is 0 Å². The highest BCUT2D eigenvalue weighted by Crippen LogP contribution is 2.29. The molecular weight excluding hydrogens is 380 g/mol. The highest BCUT2D eigenvalue weighted by molar-refractivity contribution is 7.89. The highest BCUT2D eigenvalue weighted by Gasteiger charge is 2.29. The van der Waals surface area contributed by atoms with E-state index in [2.05, 4.69) is 4.90 Å². The van der Waals surface area contributed by atoms with Crippen molar-refractivity contribution in [3.63, 3.8) is 0 Å². The molecule has 28 heavy (non-hydrogen) atoms. The normalized spacial score (nSPS) is 21.0. The number of esters is 1. The first kappa shape index (κ1) is 20.8. The average Bonchev–Trinajstić information content (AvgIpc) is 2.69. The van der Waals surface area contributed by atoms with Crippen LogP contribution in [0.4, 0.5) is 5.69 Å². The van der Waals surface area contributed by atoms with E-state index in [1.54, 1.807) is 6.07 Å². The summed E-state index contributed by atoms with van der Waals surface area (Å²) in [5, 5.41) is 0. The van der Waals surface area contributed by atoms with Gasteiger partial charge in [0.25, 0.3) is 0 Å². The van der Waals surface area contributed by atoms with Gasteiger partial charge in [0.15, 0.2) is 11.9 Å². The molecule has 1 aromatic rings. The van der Waals surface area contributed by atoms with Gasteiger partial charge in [-0.1, -0.05) is 0 Å². The molecule has 1 unspecified atom stereocenters. The summed E-state index contributed by atoms with van der Waals surface area (Å²) in [5.74, 6) is -0.687. The first-order chi connectivity index (χ1) is 13.3. The molecule has 0 N–H and O–H groups in total. The molecule has 0 spiro atoms. The van der Waals surface area contributed by atoms with Crippen LogP contribution in [0.15, 0.2) is 23.1 Å². The number of sulfonamides is 1. The Morgan fingerprint density at radius 3 is 2.46 bits per heavy atom. The Labute approximate surface area is 166 Å². The molecule has 8 heteroatoms. The van der Waals surface area contributed by atoms with Crippen molar-refractivity contribution in [1.82, 2.24) is 4.31 Å². The number of benzene rings is 1. The first-order valence-electron chi connectivity index (χ1n) is 9.86. The molecule has 0 aromatic heterocycles. The van der Waals surface area contributed by atoms with Crippen LogP contribution in [0.2, 0.25) is 0 Å². The lowest BCUT2D eigenvalue weighted by atomic mass is 9.96. The summed E-state index contributed by atoms with van der Waals surface area (Å²) < 4.78 is 31.7. The first-order valence-corrected chi connectivity index (χ1v) is 11.3. The molecule has 1 aliphatic carbocycles. The quantitative estimate of drug-likeness (QED) is 0.697. The van der Waals surface area contributed by atoms with E-state index in [1.165, 1.54) is 26.2 Å². The largest absolute Gasteiger partial charge is 0.451 e. The number of ether oxygens (including phenoxy) is 1. The van der Waals surface area contributed by atoms with E-state index in [9.17, 15) is 18.0 Å². The maximum Gasteiger partial charge on any atom is 0.341 e. The van der Waals surface area contributed by atoms with Crippen LogP contribution in [-0.2, 0) is 19.6 Å². The number of piperidine rings is 1. The molecule has 2 aliphatic rings. The number of carbonyl (C=O) groups excluding carboxylic acids is 2. The zero-order valence-corrected chi connectivity index (χ0v) is 17.3. The van der Waals surface area contributed by atoms with Gasteiger partial charge in [-0.2, -0.15) is 0 Å². The SMILES string of the molecule is CN(C)S(=O)(=O)c1ccc(N2CCCCC2)c(C(=O)OC2CCCCC2=O)c1. The number of carbonyl (C=O) groups is 2.